The molecule has 0 radical (unpaired) electrons. The molecule has 0 aromatic heterocycles. The van der Waals surface area contributed by atoms with E-state index in [9.17, 15) is 20.3 Å². The highest BCUT2D eigenvalue weighted by Crippen LogP contribution is 2.36. The van der Waals surface area contributed by atoms with Crippen molar-refractivity contribution in [2.75, 3.05) is 24.6 Å². The second kappa shape index (κ2) is 9.72. The van der Waals surface area contributed by atoms with Gasteiger partial charge in [0.1, 0.15) is 17.7 Å². The van der Waals surface area contributed by atoms with E-state index in [1.165, 1.54) is 0 Å². The van der Waals surface area contributed by atoms with Gasteiger partial charge in [-0.2, -0.15) is 5.26 Å². The summed E-state index contributed by atoms with van der Waals surface area (Å²) in [5, 5.41) is 42.2. The van der Waals surface area contributed by atoms with E-state index in [1.54, 1.807) is 6.08 Å². The highest BCUT2D eigenvalue weighted by molar-refractivity contribution is 6.05. The van der Waals surface area contributed by atoms with Gasteiger partial charge in [-0.3, -0.25) is 4.79 Å². The summed E-state index contributed by atoms with van der Waals surface area (Å²) in [5.41, 5.74) is 1.70. The van der Waals surface area contributed by atoms with E-state index in [-0.39, 0.29) is 12.1 Å². The summed E-state index contributed by atoms with van der Waals surface area (Å²) in [4.78, 5) is 14.8. The molecule has 1 amide bonds. The van der Waals surface area contributed by atoms with E-state index < -0.39 is 24.7 Å². The van der Waals surface area contributed by atoms with Gasteiger partial charge in [-0.15, -0.1) is 0 Å². The van der Waals surface area contributed by atoms with Gasteiger partial charge in [0, 0.05) is 24.5 Å². The van der Waals surface area contributed by atoms with Gasteiger partial charge in [-0.05, 0) is 36.8 Å². The lowest BCUT2D eigenvalue weighted by Crippen LogP contribution is -2.40. The number of fused-ring (bicyclic) bond motifs is 1. The van der Waals surface area contributed by atoms with Crippen LogP contribution in [0.25, 0.3) is 16.8 Å². The number of hydrogen-bond acceptors (Lipinski definition) is 6. The van der Waals surface area contributed by atoms with Gasteiger partial charge in [0.05, 0.1) is 18.4 Å². The van der Waals surface area contributed by atoms with Crippen molar-refractivity contribution in [3.05, 3.63) is 47.5 Å². The van der Waals surface area contributed by atoms with Crippen LogP contribution >= 0.6 is 0 Å². The van der Waals surface area contributed by atoms with E-state index in [2.05, 4.69) is 17.1 Å². The predicted octanol–water partition coefficient (Wildman–Crippen LogP) is 1.57. The van der Waals surface area contributed by atoms with Crippen molar-refractivity contribution < 1.29 is 20.1 Å². The first-order valence-electron chi connectivity index (χ1n) is 10.1. The molecule has 0 aliphatic carbocycles. The largest absolute Gasteiger partial charge is 0.394 e. The quantitative estimate of drug-likeness (QED) is 0.407. The molecule has 2 aromatic rings. The zero-order chi connectivity index (χ0) is 21.7. The van der Waals surface area contributed by atoms with Crippen LogP contribution in [-0.4, -0.2) is 59.2 Å². The number of carbonyl (C=O) groups is 1. The Morgan fingerprint density at radius 3 is 2.73 bits per heavy atom. The third-order valence-corrected chi connectivity index (χ3v) is 5.54. The van der Waals surface area contributed by atoms with E-state index >= 15 is 0 Å². The number of rotatable bonds is 7. The Hall–Kier alpha value is -2.92. The van der Waals surface area contributed by atoms with Crippen LogP contribution in [0.3, 0.4) is 0 Å². The van der Waals surface area contributed by atoms with E-state index in [0.717, 1.165) is 41.4 Å². The molecule has 3 unspecified atom stereocenters. The summed E-state index contributed by atoms with van der Waals surface area (Å²) in [7, 11) is 0. The van der Waals surface area contributed by atoms with Crippen molar-refractivity contribution in [1.82, 2.24) is 5.32 Å². The number of anilines is 1. The maximum Gasteiger partial charge on any atom is 0.262 e. The van der Waals surface area contributed by atoms with Crippen LogP contribution in [0.15, 0.2) is 42.0 Å². The van der Waals surface area contributed by atoms with Crippen molar-refractivity contribution in [1.29, 1.82) is 5.26 Å². The molecule has 1 aliphatic rings. The highest BCUT2D eigenvalue weighted by Gasteiger charge is 2.25. The lowest BCUT2D eigenvalue weighted by atomic mass is 10.00. The van der Waals surface area contributed by atoms with Crippen LogP contribution in [0.4, 0.5) is 5.69 Å². The number of benzene rings is 2. The number of nitriles is 1. The second-order valence-corrected chi connectivity index (χ2v) is 7.61. The number of nitrogens with zero attached hydrogens (tertiary/aromatic N) is 2. The highest BCUT2D eigenvalue weighted by atomic mass is 16.4. The molecule has 4 N–H and O–H groups in total. The minimum absolute atomic E-state index is 0.0935. The normalized spacial score (nSPS) is 18.8. The Bertz CT molecular complexity index is 982. The Morgan fingerprint density at radius 1 is 1.30 bits per heavy atom. The standard InChI is InChI=1S/C23H27N3O4/c1-15-5-4-10-26(15)22-17(9-8-16-6-2-3-7-19(16)22)11-18(12-24)23(30)25-13-20(28)21(29)14-27/h2-3,6-9,11,15,20-21,27-29H,4-5,10,13-14H2,1H3,(H,25,30)/b18-11+. The molecule has 30 heavy (non-hydrogen) atoms. The Morgan fingerprint density at radius 2 is 2.07 bits per heavy atom. The molecule has 2 aromatic carbocycles. The average Bonchev–Trinajstić information content (AvgIpc) is 3.19. The molecule has 3 atom stereocenters. The molecule has 0 saturated carbocycles. The van der Waals surface area contributed by atoms with Crippen LogP contribution in [-0.2, 0) is 4.79 Å². The maximum atomic E-state index is 12.5. The minimum atomic E-state index is -1.36. The summed E-state index contributed by atoms with van der Waals surface area (Å²) in [6.45, 7) is 2.20. The molecular weight excluding hydrogens is 382 g/mol. The summed E-state index contributed by atoms with van der Waals surface area (Å²) < 4.78 is 0. The first-order valence-corrected chi connectivity index (χ1v) is 10.1. The van der Waals surface area contributed by atoms with Crippen molar-refractivity contribution in [2.24, 2.45) is 0 Å². The molecule has 1 heterocycles. The zero-order valence-electron chi connectivity index (χ0n) is 17.0. The Balaban J connectivity index is 1.95. The molecule has 0 bridgehead atoms. The van der Waals surface area contributed by atoms with Gasteiger partial charge < -0.3 is 25.5 Å². The molecule has 7 heteroatoms. The third kappa shape index (κ3) is 4.62. The van der Waals surface area contributed by atoms with Gasteiger partial charge >= 0.3 is 0 Å². The first kappa shape index (κ1) is 21.8. The van der Waals surface area contributed by atoms with Gasteiger partial charge in [-0.25, -0.2) is 0 Å². The van der Waals surface area contributed by atoms with Crippen LogP contribution in [0.2, 0.25) is 0 Å². The lowest BCUT2D eigenvalue weighted by molar-refractivity contribution is -0.118. The summed E-state index contributed by atoms with van der Waals surface area (Å²) in [6.07, 6.45) is 1.06. The number of nitrogens with one attached hydrogen (secondary N) is 1. The monoisotopic (exact) mass is 409 g/mol. The lowest BCUT2D eigenvalue weighted by Gasteiger charge is -2.27. The van der Waals surface area contributed by atoms with Crippen LogP contribution in [0.5, 0.6) is 0 Å². The fourth-order valence-corrected chi connectivity index (χ4v) is 3.83. The fourth-order valence-electron chi connectivity index (χ4n) is 3.83. The predicted molar refractivity (Wildman–Crippen MR) is 116 cm³/mol. The molecule has 1 saturated heterocycles. The number of aliphatic hydroxyl groups excluding tert-OH is 3. The zero-order valence-corrected chi connectivity index (χ0v) is 17.0. The van der Waals surface area contributed by atoms with Gasteiger partial charge in [0.15, 0.2) is 0 Å². The van der Waals surface area contributed by atoms with Crippen LogP contribution in [0.1, 0.15) is 25.3 Å². The van der Waals surface area contributed by atoms with Crippen LogP contribution in [0, 0.1) is 11.3 Å². The average molecular weight is 409 g/mol. The van der Waals surface area contributed by atoms with Crippen LogP contribution < -0.4 is 10.2 Å². The Labute approximate surface area is 175 Å². The number of hydrogen-bond donors (Lipinski definition) is 4. The molecule has 1 aliphatic heterocycles. The fraction of sp³-hybridized carbons (Fsp3) is 0.391. The minimum Gasteiger partial charge on any atom is -0.394 e. The molecule has 1 fully saturated rings. The maximum absolute atomic E-state index is 12.5. The SMILES string of the molecule is CC1CCCN1c1c(/C=C(\C#N)C(=O)NCC(O)C(O)CO)ccc2ccccc12. The smallest absolute Gasteiger partial charge is 0.262 e. The van der Waals surface area contributed by atoms with Gasteiger partial charge in [0.2, 0.25) is 0 Å². The molecule has 3 rings (SSSR count). The van der Waals surface area contributed by atoms with Crippen molar-refractivity contribution in [3.63, 3.8) is 0 Å². The number of amides is 1. The third-order valence-electron chi connectivity index (χ3n) is 5.54. The molecule has 158 valence electrons. The van der Waals surface area contributed by atoms with Crippen molar-refractivity contribution in [3.8, 4) is 6.07 Å². The van der Waals surface area contributed by atoms with Crippen molar-refractivity contribution in [2.45, 2.75) is 38.0 Å². The van der Waals surface area contributed by atoms with E-state index in [0.29, 0.717) is 6.04 Å². The van der Waals surface area contributed by atoms with E-state index in [4.69, 9.17) is 5.11 Å². The number of aliphatic hydroxyl groups is 3. The van der Waals surface area contributed by atoms with Crippen molar-refractivity contribution >= 4 is 28.4 Å². The topological polar surface area (TPSA) is 117 Å². The first-order chi connectivity index (χ1) is 14.5. The summed E-state index contributed by atoms with van der Waals surface area (Å²) in [6, 6.07) is 14.2. The van der Waals surface area contributed by atoms with Gasteiger partial charge in [0.25, 0.3) is 5.91 Å². The Kier molecular flexibility index (Phi) is 7.06. The second-order valence-electron chi connectivity index (χ2n) is 7.61. The molecular formula is C23H27N3O4. The van der Waals surface area contributed by atoms with E-state index in [1.807, 2.05) is 42.5 Å². The molecule has 0 spiro atoms. The summed E-state index contributed by atoms with van der Waals surface area (Å²) >= 11 is 0. The summed E-state index contributed by atoms with van der Waals surface area (Å²) in [5.74, 6) is -0.643. The molecule has 7 nitrogen and oxygen atoms in total. The van der Waals surface area contributed by atoms with Gasteiger partial charge in [-0.1, -0.05) is 36.4 Å². The number of carbonyl (C=O) groups excluding carboxylic acids is 1.